The highest BCUT2D eigenvalue weighted by Crippen LogP contribution is 2.27. The molecule has 5 rings (SSSR count). The van der Waals surface area contributed by atoms with E-state index in [9.17, 15) is 9.18 Å². The number of piperazine rings is 1. The first-order chi connectivity index (χ1) is 18.6. The van der Waals surface area contributed by atoms with Crippen molar-refractivity contribution in [2.24, 2.45) is 0 Å². The second kappa shape index (κ2) is 10.5. The maximum Gasteiger partial charge on any atom is 0.259 e. The van der Waals surface area contributed by atoms with Gasteiger partial charge in [-0.25, -0.2) is 9.07 Å². The molecule has 0 radical (unpaired) electrons. The third-order valence-corrected chi connectivity index (χ3v) is 6.85. The molecule has 0 atom stereocenters. The average Bonchev–Trinajstić information content (AvgIpc) is 3.59. The van der Waals surface area contributed by atoms with Crippen LogP contribution in [0.4, 0.5) is 16.0 Å². The number of aryl methyl sites for hydroxylation is 1. The summed E-state index contributed by atoms with van der Waals surface area (Å²) in [6, 6.07) is 5.63. The number of anilines is 2. The SMILES string of the molecule is Cc1ncc(C(=O)Nc2cc(C(C)(C)F)no2)cc1-n1cc(-c2cncc(N3CCN(C(C)C)CC3)c2)nn1. The molecule has 0 unspecified atom stereocenters. The molecular weight excluding hydrogens is 501 g/mol. The quantitative estimate of drug-likeness (QED) is 0.376. The lowest BCUT2D eigenvalue weighted by atomic mass is 10.1. The molecule has 1 N–H and O–H groups in total. The van der Waals surface area contributed by atoms with E-state index >= 15 is 0 Å². The van der Waals surface area contributed by atoms with Crippen molar-refractivity contribution in [1.29, 1.82) is 0 Å². The number of nitrogens with zero attached hydrogens (tertiary/aromatic N) is 8. The van der Waals surface area contributed by atoms with Crippen molar-refractivity contribution in [3.05, 3.63) is 59.9 Å². The van der Waals surface area contributed by atoms with Gasteiger partial charge in [-0.15, -0.1) is 5.10 Å². The van der Waals surface area contributed by atoms with E-state index in [0.29, 0.717) is 23.1 Å². The standard InChI is InChI=1S/C27H32FN9O2/c1-17(2)35-6-8-36(9-7-35)21-10-19(13-29-15-21)22-16-37(34-32-22)23-11-20(14-30-18(23)3)26(38)31-25-12-24(33-39-25)27(4,5)28/h10-17H,6-9H2,1-5H3,(H,31,38). The molecule has 0 aromatic carbocycles. The molecule has 0 bridgehead atoms. The van der Waals surface area contributed by atoms with Crippen LogP contribution in [0.15, 0.2) is 47.5 Å². The Hall–Kier alpha value is -4.19. The normalized spacial score (nSPS) is 14.7. The van der Waals surface area contributed by atoms with E-state index in [1.54, 1.807) is 23.1 Å². The van der Waals surface area contributed by atoms with Gasteiger partial charge in [0.2, 0.25) is 5.88 Å². The lowest BCUT2D eigenvalue weighted by molar-refractivity contribution is 0.102. The lowest BCUT2D eigenvalue weighted by Crippen LogP contribution is -2.48. The number of pyridine rings is 2. The van der Waals surface area contributed by atoms with Gasteiger partial charge in [0.25, 0.3) is 5.91 Å². The smallest absolute Gasteiger partial charge is 0.259 e. The first-order valence-corrected chi connectivity index (χ1v) is 12.9. The van der Waals surface area contributed by atoms with Crippen molar-refractivity contribution >= 4 is 17.5 Å². The molecule has 0 saturated carbocycles. The van der Waals surface area contributed by atoms with Gasteiger partial charge >= 0.3 is 0 Å². The van der Waals surface area contributed by atoms with Crippen LogP contribution in [-0.4, -0.2) is 73.1 Å². The first kappa shape index (κ1) is 26.4. The number of hydrogen-bond acceptors (Lipinski definition) is 9. The van der Waals surface area contributed by atoms with Crippen molar-refractivity contribution in [2.45, 2.75) is 46.3 Å². The molecule has 4 aromatic rings. The van der Waals surface area contributed by atoms with E-state index in [2.05, 4.69) is 60.5 Å². The van der Waals surface area contributed by atoms with E-state index in [1.165, 1.54) is 26.1 Å². The van der Waals surface area contributed by atoms with Crippen LogP contribution in [0.3, 0.4) is 0 Å². The molecule has 12 heteroatoms. The highest BCUT2D eigenvalue weighted by atomic mass is 19.1. The number of rotatable bonds is 7. The van der Waals surface area contributed by atoms with Crippen molar-refractivity contribution < 1.29 is 13.7 Å². The molecule has 11 nitrogen and oxygen atoms in total. The molecular formula is C27H32FN9O2. The minimum atomic E-state index is -1.69. The summed E-state index contributed by atoms with van der Waals surface area (Å²) in [7, 11) is 0. The number of aromatic nitrogens is 6. The van der Waals surface area contributed by atoms with Gasteiger partial charge in [-0.05, 0) is 46.8 Å². The van der Waals surface area contributed by atoms with Crippen molar-refractivity contribution in [1.82, 2.24) is 35.0 Å². The minimum Gasteiger partial charge on any atom is -0.368 e. The topological polar surface area (TPSA) is 118 Å². The maximum atomic E-state index is 14.1. The Bertz CT molecular complexity index is 1470. The van der Waals surface area contributed by atoms with Crippen LogP contribution < -0.4 is 10.2 Å². The highest BCUT2D eigenvalue weighted by Gasteiger charge is 2.25. The van der Waals surface area contributed by atoms with Crippen LogP contribution in [0.25, 0.3) is 16.9 Å². The molecule has 1 aliphatic heterocycles. The van der Waals surface area contributed by atoms with Gasteiger partial charge in [0, 0.05) is 56.2 Å². The predicted octanol–water partition coefficient (Wildman–Crippen LogP) is 4.01. The number of carbonyl (C=O) groups excluding carboxylic acids is 1. The summed E-state index contributed by atoms with van der Waals surface area (Å²) >= 11 is 0. The summed E-state index contributed by atoms with van der Waals surface area (Å²) in [4.78, 5) is 26.5. The Morgan fingerprint density at radius 1 is 1.10 bits per heavy atom. The predicted molar refractivity (Wildman–Crippen MR) is 145 cm³/mol. The average molecular weight is 534 g/mol. The number of nitrogens with one attached hydrogen (secondary N) is 1. The lowest BCUT2D eigenvalue weighted by Gasteiger charge is -2.38. The van der Waals surface area contributed by atoms with Gasteiger partial charge in [-0.3, -0.25) is 25.0 Å². The summed E-state index contributed by atoms with van der Waals surface area (Å²) < 4.78 is 20.7. The molecule has 39 heavy (non-hydrogen) atoms. The molecule has 1 saturated heterocycles. The van der Waals surface area contributed by atoms with Gasteiger partial charge in [0.15, 0.2) is 5.67 Å². The van der Waals surface area contributed by atoms with Crippen LogP contribution in [0, 0.1) is 6.92 Å². The molecule has 1 amide bonds. The van der Waals surface area contributed by atoms with E-state index in [0.717, 1.165) is 37.4 Å². The molecule has 1 aliphatic rings. The van der Waals surface area contributed by atoms with Crippen molar-refractivity contribution in [2.75, 3.05) is 36.4 Å². The zero-order valence-electron chi connectivity index (χ0n) is 22.7. The van der Waals surface area contributed by atoms with Crippen LogP contribution in [0.1, 0.15) is 49.4 Å². The maximum absolute atomic E-state index is 14.1. The fraction of sp³-hybridized carbons (Fsp3) is 0.407. The third-order valence-electron chi connectivity index (χ3n) is 6.85. The molecule has 0 spiro atoms. The summed E-state index contributed by atoms with van der Waals surface area (Å²) in [5.41, 5.74) is 2.49. The minimum absolute atomic E-state index is 0.0453. The first-order valence-electron chi connectivity index (χ1n) is 12.9. The van der Waals surface area contributed by atoms with E-state index in [1.807, 2.05) is 13.1 Å². The Morgan fingerprint density at radius 3 is 2.56 bits per heavy atom. The van der Waals surface area contributed by atoms with Crippen LogP contribution >= 0.6 is 0 Å². The number of amides is 1. The third kappa shape index (κ3) is 5.80. The number of hydrogen-bond donors (Lipinski definition) is 1. The van der Waals surface area contributed by atoms with Gasteiger partial charge in [0.1, 0.15) is 11.4 Å². The van der Waals surface area contributed by atoms with Gasteiger partial charge in [0.05, 0.1) is 35.0 Å². The van der Waals surface area contributed by atoms with E-state index in [4.69, 9.17) is 4.52 Å². The molecule has 0 aliphatic carbocycles. The van der Waals surface area contributed by atoms with Gasteiger partial charge < -0.3 is 9.42 Å². The second-order valence-corrected chi connectivity index (χ2v) is 10.4. The number of alkyl halides is 1. The largest absolute Gasteiger partial charge is 0.368 e. The summed E-state index contributed by atoms with van der Waals surface area (Å²) in [5.74, 6) is -0.429. The number of carbonyl (C=O) groups is 1. The molecule has 204 valence electrons. The second-order valence-electron chi connectivity index (χ2n) is 10.4. The fourth-order valence-electron chi connectivity index (χ4n) is 4.43. The molecule has 1 fully saturated rings. The van der Waals surface area contributed by atoms with Gasteiger partial charge in [-0.1, -0.05) is 10.4 Å². The molecule has 4 aromatic heterocycles. The Labute approximate surface area is 226 Å². The van der Waals surface area contributed by atoms with Crippen LogP contribution in [0.2, 0.25) is 0 Å². The Kier molecular flexibility index (Phi) is 7.13. The Morgan fingerprint density at radius 2 is 1.87 bits per heavy atom. The number of halogens is 1. The van der Waals surface area contributed by atoms with E-state index in [-0.39, 0.29) is 17.1 Å². The van der Waals surface area contributed by atoms with Crippen LogP contribution in [0.5, 0.6) is 0 Å². The molecule has 5 heterocycles. The van der Waals surface area contributed by atoms with Gasteiger partial charge in [-0.2, -0.15) is 0 Å². The van der Waals surface area contributed by atoms with Crippen molar-refractivity contribution in [3.63, 3.8) is 0 Å². The van der Waals surface area contributed by atoms with Crippen LogP contribution in [-0.2, 0) is 5.67 Å². The van der Waals surface area contributed by atoms with Crippen molar-refractivity contribution in [3.8, 4) is 16.9 Å². The zero-order valence-corrected chi connectivity index (χ0v) is 22.7. The van der Waals surface area contributed by atoms with E-state index < -0.39 is 11.6 Å². The Balaban J connectivity index is 1.33. The summed E-state index contributed by atoms with van der Waals surface area (Å²) in [6.45, 7) is 12.9. The summed E-state index contributed by atoms with van der Waals surface area (Å²) in [6.07, 6.45) is 6.88. The fourth-order valence-corrected chi connectivity index (χ4v) is 4.43. The monoisotopic (exact) mass is 533 g/mol. The highest BCUT2D eigenvalue weighted by molar-refractivity contribution is 6.03. The summed E-state index contributed by atoms with van der Waals surface area (Å²) in [5, 5.41) is 14.9. The zero-order chi connectivity index (χ0) is 27.7.